The molecule has 1 N–H and O–H groups in total. The van der Waals surface area contributed by atoms with Gasteiger partial charge in [0.15, 0.2) is 5.82 Å². The van der Waals surface area contributed by atoms with Gasteiger partial charge in [-0.3, -0.25) is 4.79 Å². The van der Waals surface area contributed by atoms with E-state index >= 15 is 0 Å². The van der Waals surface area contributed by atoms with Crippen LogP contribution in [0, 0.1) is 5.92 Å². The van der Waals surface area contributed by atoms with Crippen molar-refractivity contribution in [1.29, 1.82) is 0 Å². The number of H-pyrrole nitrogens is 1. The van der Waals surface area contributed by atoms with Crippen molar-refractivity contribution in [2.24, 2.45) is 5.92 Å². The van der Waals surface area contributed by atoms with E-state index in [4.69, 9.17) is 0 Å². The van der Waals surface area contributed by atoms with E-state index in [-0.39, 0.29) is 5.92 Å². The Kier molecular flexibility index (Phi) is 3.08. The second-order valence-corrected chi connectivity index (χ2v) is 4.14. The van der Waals surface area contributed by atoms with Crippen LogP contribution in [-0.4, -0.2) is 26.4 Å². The van der Waals surface area contributed by atoms with Gasteiger partial charge in [-0.25, -0.2) is 0 Å². The van der Waals surface area contributed by atoms with Crippen molar-refractivity contribution in [3.63, 3.8) is 0 Å². The number of carbonyl (C=O) groups is 1. The average Bonchev–Trinajstić information content (AvgIpc) is 2.82. The molecule has 1 aliphatic carbocycles. The number of aromatic nitrogens is 4. The van der Waals surface area contributed by atoms with E-state index in [0.717, 1.165) is 31.5 Å². The predicted octanol–water partition coefficient (Wildman–Crippen LogP) is 1.45. The number of ketones is 1. The molecule has 1 saturated carbocycles. The van der Waals surface area contributed by atoms with E-state index in [1.807, 2.05) is 6.92 Å². The molecule has 15 heavy (non-hydrogen) atoms. The van der Waals surface area contributed by atoms with E-state index in [9.17, 15) is 4.79 Å². The summed E-state index contributed by atoms with van der Waals surface area (Å²) in [5, 5.41) is 14.0. The van der Waals surface area contributed by atoms with E-state index in [1.54, 1.807) is 0 Å². The first kappa shape index (κ1) is 10.3. The monoisotopic (exact) mass is 208 g/mol. The fourth-order valence-corrected chi connectivity index (χ4v) is 2.30. The molecule has 1 fully saturated rings. The lowest BCUT2D eigenvalue weighted by molar-refractivity contribution is -0.123. The second kappa shape index (κ2) is 4.51. The first-order valence-electron chi connectivity index (χ1n) is 5.57. The minimum Gasteiger partial charge on any atom is -0.299 e. The van der Waals surface area contributed by atoms with E-state index in [0.29, 0.717) is 18.1 Å². The van der Waals surface area contributed by atoms with Crippen LogP contribution in [0.25, 0.3) is 0 Å². The molecule has 0 atom stereocenters. The minimum atomic E-state index is 0.276. The highest BCUT2D eigenvalue weighted by Crippen LogP contribution is 2.34. The maximum atomic E-state index is 11.5. The molecule has 0 aliphatic heterocycles. The Balaban J connectivity index is 1.90. The standard InChI is InChI=1S/C10H16N4O/c1-2-9(15)7-3-5-8(6-4-7)10-11-13-14-12-10/h7-8H,2-6H2,1H3,(H,11,12,13,14). The highest BCUT2D eigenvalue weighted by molar-refractivity contribution is 5.80. The van der Waals surface area contributed by atoms with Crippen LogP contribution >= 0.6 is 0 Å². The van der Waals surface area contributed by atoms with Gasteiger partial charge in [-0.05, 0) is 25.7 Å². The van der Waals surface area contributed by atoms with Gasteiger partial charge in [-0.15, -0.1) is 10.2 Å². The number of rotatable bonds is 3. The summed E-state index contributed by atoms with van der Waals surface area (Å²) in [5.74, 6) is 1.88. The lowest BCUT2D eigenvalue weighted by Gasteiger charge is -2.25. The van der Waals surface area contributed by atoms with Gasteiger partial charge in [0.2, 0.25) is 0 Å². The number of tetrazole rings is 1. The van der Waals surface area contributed by atoms with E-state index in [2.05, 4.69) is 20.6 Å². The van der Waals surface area contributed by atoms with Gasteiger partial charge < -0.3 is 0 Å². The SMILES string of the molecule is CCC(=O)C1CCC(c2nn[nH]n2)CC1. The molecule has 0 spiro atoms. The third-order valence-electron chi connectivity index (χ3n) is 3.26. The molecule has 2 rings (SSSR count). The van der Waals surface area contributed by atoms with Gasteiger partial charge >= 0.3 is 0 Å². The number of nitrogens with one attached hydrogen (secondary N) is 1. The van der Waals surface area contributed by atoms with Crippen LogP contribution in [0.4, 0.5) is 0 Å². The number of carbonyl (C=O) groups excluding carboxylic acids is 1. The number of hydrogen-bond donors (Lipinski definition) is 1. The van der Waals surface area contributed by atoms with Crippen LogP contribution in [0.1, 0.15) is 50.8 Å². The Labute approximate surface area is 88.6 Å². The molecule has 0 amide bonds. The lowest BCUT2D eigenvalue weighted by Crippen LogP contribution is -2.21. The maximum Gasteiger partial charge on any atom is 0.177 e. The average molecular weight is 208 g/mol. The largest absolute Gasteiger partial charge is 0.299 e. The van der Waals surface area contributed by atoms with Crippen LogP contribution in [0.15, 0.2) is 0 Å². The predicted molar refractivity (Wildman–Crippen MR) is 54.2 cm³/mol. The summed E-state index contributed by atoms with van der Waals surface area (Å²) in [6, 6.07) is 0. The lowest BCUT2D eigenvalue weighted by atomic mass is 9.79. The maximum absolute atomic E-state index is 11.5. The number of nitrogens with zero attached hydrogens (tertiary/aromatic N) is 3. The summed E-state index contributed by atoms with van der Waals surface area (Å²) >= 11 is 0. The van der Waals surface area contributed by atoms with Crippen LogP contribution in [0.3, 0.4) is 0 Å². The summed E-state index contributed by atoms with van der Waals surface area (Å²) in [4.78, 5) is 11.5. The Morgan fingerprint density at radius 3 is 2.67 bits per heavy atom. The van der Waals surface area contributed by atoms with Crippen molar-refractivity contribution in [3.8, 4) is 0 Å². The van der Waals surface area contributed by atoms with Gasteiger partial charge in [0.25, 0.3) is 0 Å². The van der Waals surface area contributed by atoms with Crippen LogP contribution in [0.5, 0.6) is 0 Å². The Bertz CT molecular complexity index is 314. The van der Waals surface area contributed by atoms with E-state index in [1.165, 1.54) is 0 Å². The zero-order valence-electron chi connectivity index (χ0n) is 8.94. The molecule has 82 valence electrons. The molecule has 5 heteroatoms. The zero-order chi connectivity index (χ0) is 10.7. The summed E-state index contributed by atoms with van der Waals surface area (Å²) in [7, 11) is 0. The molecule has 0 saturated heterocycles. The topological polar surface area (TPSA) is 71.5 Å². The summed E-state index contributed by atoms with van der Waals surface area (Å²) in [6.45, 7) is 1.94. The first-order chi connectivity index (χ1) is 7.31. The van der Waals surface area contributed by atoms with Gasteiger partial charge in [-0.1, -0.05) is 12.1 Å². The third-order valence-corrected chi connectivity index (χ3v) is 3.26. The van der Waals surface area contributed by atoms with Gasteiger partial charge in [0.05, 0.1) is 0 Å². The number of Topliss-reactive ketones (excluding diaryl/α,β-unsaturated/α-hetero) is 1. The van der Waals surface area contributed by atoms with Crippen molar-refractivity contribution in [3.05, 3.63) is 5.82 Å². The summed E-state index contributed by atoms with van der Waals surface area (Å²) in [5.41, 5.74) is 0. The number of hydrogen-bond acceptors (Lipinski definition) is 4. The molecule has 0 bridgehead atoms. The van der Waals surface area contributed by atoms with Gasteiger partial charge in [-0.2, -0.15) is 5.21 Å². The van der Waals surface area contributed by atoms with E-state index < -0.39 is 0 Å². The van der Waals surface area contributed by atoms with Crippen LogP contribution < -0.4 is 0 Å². The van der Waals surface area contributed by atoms with Crippen molar-refractivity contribution in [1.82, 2.24) is 20.6 Å². The van der Waals surface area contributed by atoms with Gasteiger partial charge in [0, 0.05) is 18.3 Å². The molecule has 0 unspecified atom stereocenters. The van der Waals surface area contributed by atoms with Crippen LogP contribution in [-0.2, 0) is 4.79 Å². The fourth-order valence-electron chi connectivity index (χ4n) is 2.30. The van der Waals surface area contributed by atoms with Crippen molar-refractivity contribution in [2.75, 3.05) is 0 Å². The highest BCUT2D eigenvalue weighted by Gasteiger charge is 2.27. The van der Waals surface area contributed by atoms with Gasteiger partial charge in [0.1, 0.15) is 5.78 Å². The smallest absolute Gasteiger partial charge is 0.177 e. The molecule has 1 aromatic heterocycles. The second-order valence-electron chi connectivity index (χ2n) is 4.14. The minimum absolute atomic E-state index is 0.276. The van der Waals surface area contributed by atoms with Crippen molar-refractivity contribution in [2.45, 2.75) is 44.9 Å². The first-order valence-corrected chi connectivity index (χ1v) is 5.57. The molecule has 1 heterocycles. The zero-order valence-corrected chi connectivity index (χ0v) is 8.94. The fraction of sp³-hybridized carbons (Fsp3) is 0.800. The quantitative estimate of drug-likeness (QED) is 0.816. The van der Waals surface area contributed by atoms with Crippen molar-refractivity contribution < 1.29 is 4.79 Å². The molecule has 5 nitrogen and oxygen atoms in total. The molecule has 1 aliphatic rings. The molecule has 0 aromatic carbocycles. The summed E-state index contributed by atoms with van der Waals surface area (Å²) < 4.78 is 0. The Morgan fingerprint density at radius 2 is 2.13 bits per heavy atom. The highest BCUT2D eigenvalue weighted by atomic mass is 16.1. The summed E-state index contributed by atoms with van der Waals surface area (Å²) in [6.07, 6.45) is 4.64. The molecule has 1 aromatic rings. The molecular weight excluding hydrogens is 192 g/mol. The third kappa shape index (κ3) is 2.22. The van der Waals surface area contributed by atoms with Crippen molar-refractivity contribution >= 4 is 5.78 Å². The normalized spacial score (nSPS) is 26.5. The number of aromatic amines is 1. The molecule has 0 radical (unpaired) electrons. The molecular formula is C10H16N4O. The van der Waals surface area contributed by atoms with Crippen LogP contribution in [0.2, 0.25) is 0 Å². The Morgan fingerprint density at radius 1 is 1.40 bits per heavy atom. The Hall–Kier alpha value is -1.26.